The van der Waals surface area contributed by atoms with Gasteiger partial charge >= 0.3 is 0 Å². The largest absolute Gasteiger partial charge is 0.365 e. The first-order valence-electron chi connectivity index (χ1n) is 7.91. The summed E-state index contributed by atoms with van der Waals surface area (Å²) in [5, 5.41) is 16.7. The Kier molecular flexibility index (Phi) is 5.33. The smallest absolute Gasteiger partial charge is 0.249 e. The number of nitrogens with one attached hydrogen (secondary N) is 3. The lowest BCUT2D eigenvalue weighted by Crippen LogP contribution is -2.07. The molecule has 0 saturated heterocycles. The molecule has 0 aliphatic rings. The minimum atomic E-state index is -0.273. The molecule has 0 saturated carbocycles. The summed E-state index contributed by atoms with van der Waals surface area (Å²) >= 11 is 0. The summed E-state index contributed by atoms with van der Waals surface area (Å²) in [5.41, 5.74) is 2.30. The molecule has 0 atom stereocenters. The highest BCUT2D eigenvalue weighted by molar-refractivity contribution is 5.89. The molecule has 7 nitrogen and oxygen atoms in total. The molecule has 0 unspecified atom stereocenters. The highest BCUT2D eigenvalue weighted by Gasteiger charge is 2.03. The minimum Gasteiger partial charge on any atom is -0.365 e. The Balaban J connectivity index is 1.65. The Morgan fingerprint density at radius 3 is 2.65 bits per heavy atom. The van der Waals surface area contributed by atoms with Crippen LogP contribution in [0, 0.1) is 5.82 Å². The third kappa shape index (κ3) is 4.97. The second kappa shape index (κ2) is 8.02. The highest BCUT2D eigenvalue weighted by Crippen LogP contribution is 2.18. The van der Waals surface area contributed by atoms with Gasteiger partial charge in [0.25, 0.3) is 0 Å². The normalized spacial score (nSPS) is 10.2. The van der Waals surface area contributed by atoms with E-state index in [1.54, 1.807) is 30.3 Å². The molecule has 3 aromatic rings. The zero-order chi connectivity index (χ0) is 18.4. The van der Waals surface area contributed by atoms with Crippen molar-refractivity contribution in [3.8, 4) is 0 Å². The lowest BCUT2D eigenvalue weighted by molar-refractivity contribution is -0.114. The second-order valence-corrected chi connectivity index (χ2v) is 5.53. The van der Waals surface area contributed by atoms with E-state index >= 15 is 0 Å². The maximum atomic E-state index is 12.9. The molecule has 26 heavy (non-hydrogen) atoms. The van der Waals surface area contributed by atoms with Crippen molar-refractivity contribution in [2.45, 2.75) is 13.5 Å². The first kappa shape index (κ1) is 17.3. The topological polar surface area (TPSA) is 91.8 Å². The molecule has 2 aromatic carbocycles. The van der Waals surface area contributed by atoms with Crippen LogP contribution in [0.25, 0.3) is 0 Å². The quantitative estimate of drug-likeness (QED) is 0.630. The van der Waals surface area contributed by atoms with Gasteiger partial charge in [-0.15, -0.1) is 5.10 Å². The average molecular weight is 352 g/mol. The summed E-state index contributed by atoms with van der Waals surface area (Å²) in [5.74, 6) is 0.427. The van der Waals surface area contributed by atoms with Crippen molar-refractivity contribution in [1.29, 1.82) is 0 Å². The van der Waals surface area contributed by atoms with Crippen molar-refractivity contribution in [2.24, 2.45) is 0 Å². The fourth-order valence-electron chi connectivity index (χ4n) is 2.24. The summed E-state index contributed by atoms with van der Waals surface area (Å²) in [6.45, 7) is 1.93. The standard InChI is InChI=1S/C18H17FN6O/c1-12(26)22-15-3-2-4-16(9-15)23-18-24-17(11-21-25-18)20-10-13-5-7-14(19)8-6-13/h2-9,11H,10H2,1H3,(H,22,26)(H2,20,23,24,25). The Bertz CT molecular complexity index is 900. The van der Waals surface area contributed by atoms with E-state index in [4.69, 9.17) is 0 Å². The van der Waals surface area contributed by atoms with Crippen molar-refractivity contribution in [3.05, 3.63) is 66.1 Å². The Hall–Kier alpha value is -3.55. The van der Waals surface area contributed by atoms with Gasteiger partial charge in [-0.2, -0.15) is 10.1 Å². The molecule has 3 rings (SSSR count). The number of hydrogen-bond acceptors (Lipinski definition) is 6. The summed E-state index contributed by atoms with van der Waals surface area (Å²) in [6.07, 6.45) is 1.50. The second-order valence-electron chi connectivity index (χ2n) is 5.53. The fraction of sp³-hybridized carbons (Fsp3) is 0.111. The monoisotopic (exact) mass is 352 g/mol. The van der Waals surface area contributed by atoms with Crippen LogP contribution in [0.5, 0.6) is 0 Å². The van der Waals surface area contributed by atoms with E-state index in [2.05, 4.69) is 31.1 Å². The van der Waals surface area contributed by atoms with Gasteiger partial charge in [0.15, 0.2) is 5.82 Å². The zero-order valence-electron chi connectivity index (χ0n) is 14.0. The van der Waals surface area contributed by atoms with Crippen molar-refractivity contribution in [1.82, 2.24) is 15.2 Å². The van der Waals surface area contributed by atoms with E-state index in [0.29, 0.717) is 29.7 Å². The van der Waals surface area contributed by atoms with Crippen molar-refractivity contribution >= 4 is 29.0 Å². The SMILES string of the molecule is CC(=O)Nc1cccc(Nc2nncc(NCc3ccc(F)cc3)n2)c1. The lowest BCUT2D eigenvalue weighted by Gasteiger charge is -2.09. The van der Waals surface area contributed by atoms with Gasteiger partial charge in [-0.25, -0.2) is 4.39 Å². The van der Waals surface area contributed by atoms with E-state index in [0.717, 1.165) is 5.56 Å². The van der Waals surface area contributed by atoms with Crippen LogP contribution in [0.15, 0.2) is 54.7 Å². The van der Waals surface area contributed by atoms with Gasteiger partial charge in [0, 0.05) is 24.8 Å². The molecule has 0 aliphatic carbocycles. The number of anilines is 4. The third-order valence-electron chi connectivity index (χ3n) is 3.38. The molecule has 0 spiro atoms. The maximum Gasteiger partial charge on any atom is 0.249 e. The molecule has 132 valence electrons. The van der Waals surface area contributed by atoms with Crippen LogP contribution in [0.2, 0.25) is 0 Å². The van der Waals surface area contributed by atoms with E-state index in [1.807, 2.05) is 6.07 Å². The molecule has 1 amide bonds. The van der Waals surface area contributed by atoms with E-state index < -0.39 is 0 Å². The molecule has 1 heterocycles. The van der Waals surface area contributed by atoms with E-state index in [1.165, 1.54) is 25.3 Å². The Morgan fingerprint density at radius 2 is 1.88 bits per heavy atom. The number of carbonyl (C=O) groups excluding carboxylic acids is 1. The number of nitrogens with zero attached hydrogens (tertiary/aromatic N) is 3. The number of benzene rings is 2. The van der Waals surface area contributed by atoms with E-state index in [9.17, 15) is 9.18 Å². The van der Waals surface area contributed by atoms with Crippen LogP contribution in [-0.2, 0) is 11.3 Å². The molecule has 3 N–H and O–H groups in total. The van der Waals surface area contributed by atoms with Crippen molar-refractivity contribution in [3.63, 3.8) is 0 Å². The van der Waals surface area contributed by atoms with Crippen LogP contribution >= 0.6 is 0 Å². The van der Waals surface area contributed by atoms with Crippen LogP contribution in [0.4, 0.5) is 27.5 Å². The van der Waals surface area contributed by atoms with Crippen LogP contribution in [0.1, 0.15) is 12.5 Å². The molecular formula is C18H17FN6O. The predicted molar refractivity (Wildman–Crippen MR) is 97.6 cm³/mol. The van der Waals surface area contributed by atoms with Crippen LogP contribution in [0.3, 0.4) is 0 Å². The first-order chi connectivity index (χ1) is 12.6. The first-order valence-corrected chi connectivity index (χ1v) is 7.91. The number of hydrogen-bond donors (Lipinski definition) is 3. The Labute approximate surface area is 149 Å². The van der Waals surface area contributed by atoms with Gasteiger partial charge in [-0.1, -0.05) is 18.2 Å². The molecule has 1 aromatic heterocycles. The summed E-state index contributed by atoms with van der Waals surface area (Å²) in [6, 6.07) is 13.4. The molecule has 0 aliphatic heterocycles. The van der Waals surface area contributed by atoms with Crippen LogP contribution in [-0.4, -0.2) is 21.1 Å². The van der Waals surface area contributed by atoms with Gasteiger partial charge in [-0.3, -0.25) is 4.79 Å². The van der Waals surface area contributed by atoms with Crippen LogP contribution < -0.4 is 16.0 Å². The fourth-order valence-corrected chi connectivity index (χ4v) is 2.24. The minimum absolute atomic E-state index is 0.146. The molecular weight excluding hydrogens is 335 g/mol. The Morgan fingerprint density at radius 1 is 1.12 bits per heavy atom. The molecule has 0 bridgehead atoms. The number of halogens is 1. The predicted octanol–water partition coefficient (Wildman–Crippen LogP) is 3.32. The molecule has 0 fully saturated rings. The zero-order valence-corrected chi connectivity index (χ0v) is 14.0. The summed E-state index contributed by atoms with van der Waals surface area (Å²) in [4.78, 5) is 15.5. The van der Waals surface area contributed by atoms with Gasteiger partial charge in [0.05, 0.1) is 6.20 Å². The highest BCUT2D eigenvalue weighted by atomic mass is 19.1. The summed E-state index contributed by atoms with van der Waals surface area (Å²) in [7, 11) is 0. The number of amides is 1. The molecule has 8 heteroatoms. The van der Waals surface area contributed by atoms with Gasteiger partial charge in [0.1, 0.15) is 5.82 Å². The van der Waals surface area contributed by atoms with E-state index in [-0.39, 0.29) is 11.7 Å². The van der Waals surface area contributed by atoms with Crippen molar-refractivity contribution < 1.29 is 9.18 Å². The lowest BCUT2D eigenvalue weighted by atomic mass is 10.2. The average Bonchev–Trinajstić information content (AvgIpc) is 2.61. The van der Waals surface area contributed by atoms with Gasteiger partial charge < -0.3 is 16.0 Å². The third-order valence-corrected chi connectivity index (χ3v) is 3.38. The summed E-state index contributed by atoms with van der Waals surface area (Å²) < 4.78 is 12.9. The maximum absolute atomic E-state index is 12.9. The number of aromatic nitrogens is 3. The van der Waals surface area contributed by atoms with Gasteiger partial charge in [-0.05, 0) is 35.9 Å². The van der Waals surface area contributed by atoms with Gasteiger partial charge in [0.2, 0.25) is 11.9 Å². The van der Waals surface area contributed by atoms with Crippen molar-refractivity contribution in [2.75, 3.05) is 16.0 Å². The number of rotatable bonds is 6. The number of carbonyl (C=O) groups is 1. The molecule has 0 radical (unpaired) electrons.